The number of hydrogen-bond donors (Lipinski definition) is 1. The van der Waals surface area contributed by atoms with Gasteiger partial charge in [-0.2, -0.15) is 0 Å². The number of carbonyl (C=O) groups is 1. The van der Waals surface area contributed by atoms with E-state index in [4.69, 9.17) is 0 Å². The molecule has 0 fully saturated rings. The second-order valence-corrected chi connectivity index (χ2v) is 6.58. The molecule has 4 heteroatoms. The van der Waals surface area contributed by atoms with Gasteiger partial charge in [-0.3, -0.25) is 4.79 Å². The van der Waals surface area contributed by atoms with Gasteiger partial charge in [0.1, 0.15) is 5.65 Å². The Balaban J connectivity index is 2.03. The summed E-state index contributed by atoms with van der Waals surface area (Å²) >= 11 is 0. The summed E-state index contributed by atoms with van der Waals surface area (Å²) in [6.45, 7) is 6.93. The molecular formula is C21H25N3O. The lowest BCUT2D eigenvalue weighted by atomic mass is 9.89. The maximum atomic E-state index is 12.4. The molecule has 1 aromatic carbocycles. The summed E-state index contributed by atoms with van der Waals surface area (Å²) in [5.41, 5.74) is 5.52. The number of rotatable bonds is 6. The van der Waals surface area contributed by atoms with Gasteiger partial charge < -0.3 is 9.72 Å². The molecule has 25 heavy (non-hydrogen) atoms. The Morgan fingerprint density at radius 1 is 1.24 bits per heavy atom. The Kier molecular flexibility index (Phi) is 5.17. The van der Waals surface area contributed by atoms with Crippen LogP contribution in [0.4, 0.5) is 0 Å². The molecule has 0 aliphatic carbocycles. The number of benzene rings is 1. The minimum atomic E-state index is -0.0178. The third-order valence-corrected chi connectivity index (χ3v) is 4.58. The smallest absolute Gasteiger partial charge is 0.221 e. The Hall–Kier alpha value is -2.62. The molecule has 1 unspecified atom stereocenters. The molecule has 0 aliphatic heterocycles. The monoisotopic (exact) mass is 335 g/mol. The van der Waals surface area contributed by atoms with Gasteiger partial charge >= 0.3 is 0 Å². The fourth-order valence-corrected chi connectivity index (χ4v) is 3.23. The molecule has 0 aliphatic rings. The molecule has 0 saturated heterocycles. The van der Waals surface area contributed by atoms with Crippen molar-refractivity contribution in [3.8, 4) is 0 Å². The molecule has 0 saturated carbocycles. The average Bonchev–Trinajstić information content (AvgIpc) is 3.01. The summed E-state index contributed by atoms with van der Waals surface area (Å²) in [6.07, 6.45) is 5.31. The van der Waals surface area contributed by atoms with Crippen LogP contribution in [-0.4, -0.2) is 21.8 Å². The molecule has 0 spiro atoms. The highest BCUT2D eigenvalue weighted by Crippen LogP contribution is 2.31. The van der Waals surface area contributed by atoms with E-state index in [-0.39, 0.29) is 11.8 Å². The largest absolute Gasteiger partial charge is 0.356 e. The molecular weight excluding hydrogens is 310 g/mol. The molecule has 1 atom stereocenters. The normalized spacial score (nSPS) is 12.3. The second-order valence-electron chi connectivity index (χ2n) is 6.58. The number of carbonyl (C=O) groups excluding carboxylic acids is 1. The van der Waals surface area contributed by atoms with Crippen molar-refractivity contribution in [3.63, 3.8) is 0 Å². The van der Waals surface area contributed by atoms with E-state index in [0.29, 0.717) is 13.0 Å². The van der Waals surface area contributed by atoms with Crippen LogP contribution in [0.1, 0.15) is 48.1 Å². The van der Waals surface area contributed by atoms with Crippen molar-refractivity contribution >= 4 is 11.6 Å². The summed E-state index contributed by atoms with van der Waals surface area (Å²) in [5, 5.41) is 3.00. The predicted octanol–water partition coefficient (Wildman–Crippen LogP) is 4.00. The number of nitrogens with one attached hydrogen (secondary N) is 1. The number of nitrogens with zero attached hydrogens (tertiary/aromatic N) is 2. The third-order valence-electron chi connectivity index (χ3n) is 4.58. The molecule has 3 rings (SSSR count). The number of pyridine rings is 1. The van der Waals surface area contributed by atoms with E-state index in [0.717, 1.165) is 17.8 Å². The van der Waals surface area contributed by atoms with Crippen molar-refractivity contribution in [1.29, 1.82) is 0 Å². The van der Waals surface area contributed by atoms with Gasteiger partial charge in [0.05, 0.1) is 5.69 Å². The van der Waals surface area contributed by atoms with Crippen LogP contribution in [0.5, 0.6) is 0 Å². The van der Waals surface area contributed by atoms with Crippen molar-refractivity contribution in [3.05, 3.63) is 71.2 Å². The van der Waals surface area contributed by atoms with Crippen LogP contribution in [0.3, 0.4) is 0 Å². The van der Waals surface area contributed by atoms with E-state index in [2.05, 4.69) is 59.7 Å². The number of aryl methyl sites for hydroxylation is 2. The van der Waals surface area contributed by atoms with Gasteiger partial charge in [0.2, 0.25) is 5.91 Å². The fraction of sp³-hybridized carbons (Fsp3) is 0.333. The van der Waals surface area contributed by atoms with Crippen molar-refractivity contribution < 1.29 is 4.79 Å². The predicted molar refractivity (Wildman–Crippen MR) is 101 cm³/mol. The topological polar surface area (TPSA) is 46.4 Å². The first-order valence-electron chi connectivity index (χ1n) is 8.86. The minimum absolute atomic E-state index is 0.0178. The Bertz CT molecular complexity index is 882. The van der Waals surface area contributed by atoms with Crippen molar-refractivity contribution in [2.24, 2.45) is 0 Å². The van der Waals surface area contributed by atoms with E-state index in [1.807, 2.05) is 24.5 Å². The zero-order valence-electron chi connectivity index (χ0n) is 15.1. The fourth-order valence-electron chi connectivity index (χ4n) is 3.23. The minimum Gasteiger partial charge on any atom is -0.356 e. The van der Waals surface area contributed by atoms with Gasteiger partial charge in [0, 0.05) is 31.3 Å². The quantitative estimate of drug-likeness (QED) is 0.740. The number of aromatic nitrogens is 2. The lowest BCUT2D eigenvalue weighted by molar-refractivity contribution is -0.121. The zero-order valence-corrected chi connectivity index (χ0v) is 15.1. The van der Waals surface area contributed by atoms with Crippen LogP contribution in [0.2, 0.25) is 0 Å². The Labute approximate surface area is 148 Å². The molecule has 0 bridgehead atoms. The molecule has 1 amide bonds. The summed E-state index contributed by atoms with van der Waals surface area (Å²) < 4.78 is 2.09. The van der Waals surface area contributed by atoms with Gasteiger partial charge in [-0.05, 0) is 49.1 Å². The molecule has 2 heterocycles. The number of imidazole rings is 1. The van der Waals surface area contributed by atoms with Crippen LogP contribution in [0.25, 0.3) is 5.65 Å². The SMILES string of the molecule is CCCNC(=O)CC(c1ccccc1C)c1cnc2cc(C)ccn12. The van der Waals surface area contributed by atoms with Gasteiger partial charge in [0.25, 0.3) is 0 Å². The number of amides is 1. The van der Waals surface area contributed by atoms with Crippen LogP contribution in [0, 0.1) is 13.8 Å². The average molecular weight is 335 g/mol. The number of hydrogen-bond acceptors (Lipinski definition) is 2. The number of fused-ring (bicyclic) bond motifs is 1. The lowest BCUT2D eigenvalue weighted by Crippen LogP contribution is -2.26. The first-order valence-corrected chi connectivity index (χ1v) is 8.86. The standard InChI is InChI=1S/C21H25N3O/c1-4-10-22-21(25)13-18(17-8-6-5-7-16(17)3)19-14-23-20-12-15(2)9-11-24(19)20/h5-9,11-12,14,18H,4,10,13H2,1-3H3,(H,22,25). The van der Waals surface area contributed by atoms with E-state index < -0.39 is 0 Å². The van der Waals surface area contributed by atoms with Gasteiger partial charge in [-0.1, -0.05) is 31.2 Å². The Morgan fingerprint density at radius 2 is 2.04 bits per heavy atom. The highest BCUT2D eigenvalue weighted by molar-refractivity contribution is 5.77. The lowest BCUT2D eigenvalue weighted by Gasteiger charge is -2.19. The third kappa shape index (κ3) is 3.73. The van der Waals surface area contributed by atoms with Crippen molar-refractivity contribution in [1.82, 2.24) is 14.7 Å². The molecule has 2 aromatic heterocycles. The highest BCUT2D eigenvalue weighted by atomic mass is 16.1. The zero-order chi connectivity index (χ0) is 17.8. The molecule has 130 valence electrons. The van der Waals surface area contributed by atoms with Crippen molar-refractivity contribution in [2.75, 3.05) is 6.54 Å². The first kappa shape index (κ1) is 17.2. The van der Waals surface area contributed by atoms with Crippen LogP contribution in [0.15, 0.2) is 48.8 Å². The van der Waals surface area contributed by atoms with Gasteiger partial charge in [0.15, 0.2) is 0 Å². The maximum Gasteiger partial charge on any atom is 0.221 e. The molecule has 1 N–H and O–H groups in total. The maximum absolute atomic E-state index is 12.4. The van der Waals surface area contributed by atoms with Gasteiger partial charge in [-0.25, -0.2) is 4.98 Å². The van der Waals surface area contributed by atoms with E-state index >= 15 is 0 Å². The summed E-state index contributed by atoms with van der Waals surface area (Å²) in [7, 11) is 0. The van der Waals surface area contributed by atoms with E-state index in [9.17, 15) is 4.79 Å². The van der Waals surface area contributed by atoms with Gasteiger partial charge in [-0.15, -0.1) is 0 Å². The summed E-state index contributed by atoms with van der Waals surface area (Å²) in [4.78, 5) is 17.0. The van der Waals surface area contributed by atoms with Crippen LogP contribution < -0.4 is 5.32 Å². The summed E-state index contributed by atoms with van der Waals surface area (Å²) in [5.74, 6) is 0.0629. The highest BCUT2D eigenvalue weighted by Gasteiger charge is 2.23. The van der Waals surface area contributed by atoms with Crippen LogP contribution in [-0.2, 0) is 4.79 Å². The molecule has 4 nitrogen and oxygen atoms in total. The first-order chi connectivity index (χ1) is 12.1. The van der Waals surface area contributed by atoms with E-state index in [1.165, 1.54) is 16.7 Å². The molecule has 0 radical (unpaired) electrons. The van der Waals surface area contributed by atoms with Crippen LogP contribution >= 0.6 is 0 Å². The second kappa shape index (κ2) is 7.51. The molecule has 3 aromatic rings. The van der Waals surface area contributed by atoms with E-state index in [1.54, 1.807) is 0 Å². The summed E-state index contributed by atoms with van der Waals surface area (Å²) in [6, 6.07) is 12.4. The van der Waals surface area contributed by atoms with Crippen molar-refractivity contribution in [2.45, 2.75) is 39.5 Å². The Morgan fingerprint density at radius 3 is 2.80 bits per heavy atom.